The molecule has 1 heterocycles. The number of ether oxygens (including phenoxy) is 1. The molecule has 3 nitrogen and oxygen atoms in total. The molecule has 0 radical (unpaired) electrons. The maximum Gasteiger partial charge on any atom is 0.573 e. The van der Waals surface area contributed by atoms with Gasteiger partial charge in [-0.1, -0.05) is 30.3 Å². The lowest BCUT2D eigenvalue weighted by Gasteiger charge is -2.25. The fourth-order valence-electron chi connectivity index (χ4n) is 2.81. The van der Waals surface area contributed by atoms with Crippen LogP contribution in [0.1, 0.15) is 24.4 Å². The van der Waals surface area contributed by atoms with Crippen LogP contribution in [-0.2, 0) is 4.79 Å². The van der Waals surface area contributed by atoms with Crippen molar-refractivity contribution in [1.82, 2.24) is 0 Å². The molecule has 3 rings (SSSR count). The molecule has 2 aromatic carbocycles. The van der Waals surface area contributed by atoms with Crippen LogP contribution in [0.25, 0.3) is 0 Å². The summed E-state index contributed by atoms with van der Waals surface area (Å²) in [6.07, 6.45) is -3.62. The van der Waals surface area contributed by atoms with Crippen LogP contribution >= 0.6 is 0 Å². The Morgan fingerprint density at radius 3 is 2.26 bits per heavy atom. The molecule has 1 atom stereocenters. The van der Waals surface area contributed by atoms with Crippen molar-refractivity contribution in [2.45, 2.75) is 25.2 Å². The second kappa shape index (κ2) is 5.95. The molecule has 0 aliphatic carbocycles. The standard InChI is InChI=1S/C17H14F3NO2/c18-17(19,20)23-14-8-6-13(7-9-14)21-15(10-11-16(21)22)12-4-2-1-3-5-12/h1-9,15H,10-11H2/t15-/m1/s1. The maximum absolute atomic E-state index is 12.2. The van der Waals surface area contributed by atoms with E-state index in [-0.39, 0.29) is 17.7 Å². The average Bonchev–Trinajstić information content (AvgIpc) is 2.89. The van der Waals surface area contributed by atoms with Crippen LogP contribution in [0.15, 0.2) is 54.6 Å². The van der Waals surface area contributed by atoms with Crippen LogP contribution in [0.5, 0.6) is 5.75 Å². The van der Waals surface area contributed by atoms with Gasteiger partial charge in [-0.15, -0.1) is 13.2 Å². The van der Waals surface area contributed by atoms with E-state index in [0.29, 0.717) is 18.5 Å². The molecule has 6 heteroatoms. The normalized spacial score (nSPS) is 18.3. The Kier molecular flexibility index (Phi) is 3.98. The molecule has 1 aliphatic heterocycles. The fourth-order valence-corrected chi connectivity index (χ4v) is 2.81. The molecular formula is C17H14F3NO2. The molecule has 0 spiro atoms. The summed E-state index contributed by atoms with van der Waals surface area (Å²) in [5.74, 6) is -0.340. The number of benzene rings is 2. The van der Waals surface area contributed by atoms with Crippen LogP contribution in [0.4, 0.5) is 18.9 Å². The Morgan fingerprint density at radius 1 is 1.00 bits per heavy atom. The summed E-state index contributed by atoms with van der Waals surface area (Å²) in [5.41, 5.74) is 1.57. The van der Waals surface area contributed by atoms with E-state index in [4.69, 9.17) is 0 Å². The Bertz CT molecular complexity index is 683. The summed E-state index contributed by atoms with van der Waals surface area (Å²) in [4.78, 5) is 13.8. The van der Waals surface area contributed by atoms with E-state index in [0.717, 1.165) is 5.56 Å². The molecule has 0 saturated carbocycles. The molecule has 23 heavy (non-hydrogen) atoms. The number of amides is 1. The minimum atomic E-state index is -4.72. The zero-order valence-corrected chi connectivity index (χ0v) is 12.1. The zero-order chi connectivity index (χ0) is 16.4. The lowest BCUT2D eigenvalue weighted by molar-refractivity contribution is -0.274. The second-order valence-corrected chi connectivity index (χ2v) is 5.27. The first-order valence-electron chi connectivity index (χ1n) is 7.17. The first-order chi connectivity index (χ1) is 10.9. The topological polar surface area (TPSA) is 29.5 Å². The Morgan fingerprint density at radius 2 is 1.65 bits per heavy atom. The van der Waals surface area contributed by atoms with Crippen molar-refractivity contribution in [3.8, 4) is 5.75 Å². The second-order valence-electron chi connectivity index (χ2n) is 5.27. The molecule has 120 valence electrons. The van der Waals surface area contributed by atoms with Crippen molar-refractivity contribution < 1.29 is 22.7 Å². The molecule has 0 aromatic heterocycles. The molecule has 0 bridgehead atoms. The predicted octanol–water partition coefficient (Wildman–Crippen LogP) is 4.45. The number of carbonyl (C=O) groups is 1. The van der Waals surface area contributed by atoms with Crippen molar-refractivity contribution in [3.63, 3.8) is 0 Å². The Labute approximate surface area is 131 Å². The molecule has 1 fully saturated rings. The maximum atomic E-state index is 12.2. The number of hydrogen-bond donors (Lipinski definition) is 0. The summed E-state index contributed by atoms with van der Waals surface area (Å²) in [6, 6.07) is 14.9. The minimum absolute atomic E-state index is 0.0386. The highest BCUT2D eigenvalue weighted by Crippen LogP contribution is 2.37. The molecule has 0 N–H and O–H groups in total. The van der Waals surface area contributed by atoms with E-state index in [1.54, 1.807) is 4.90 Å². The van der Waals surface area contributed by atoms with Gasteiger partial charge < -0.3 is 9.64 Å². The third-order valence-electron chi connectivity index (χ3n) is 3.74. The van der Waals surface area contributed by atoms with Gasteiger partial charge in [0.25, 0.3) is 0 Å². The van der Waals surface area contributed by atoms with Gasteiger partial charge in [0, 0.05) is 12.1 Å². The minimum Gasteiger partial charge on any atom is -0.406 e. The average molecular weight is 321 g/mol. The summed E-state index contributed by atoms with van der Waals surface area (Å²) >= 11 is 0. The van der Waals surface area contributed by atoms with E-state index < -0.39 is 6.36 Å². The first kappa shape index (κ1) is 15.4. The highest BCUT2D eigenvalue weighted by atomic mass is 19.4. The van der Waals surface area contributed by atoms with Crippen LogP contribution in [0.2, 0.25) is 0 Å². The SMILES string of the molecule is O=C1CC[C@H](c2ccccc2)N1c1ccc(OC(F)(F)F)cc1. The van der Waals surface area contributed by atoms with Crippen molar-refractivity contribution in [2.75, 3.05) is 4.90 Å². The number of nitrogens with zero attached hydrogens (tertiary/aromatic N) is 1. The molecule has 1 amide bonds. The Balaban J connectivity index is 1.85. The van der Waals surface area contributed by atoms with E-state index in [1.807, 2.05) is 30.3 Å². The van der Waals surface area contributed by atoms with Crippen LogP contribution in [0, 0.1) is 0 Å². The summed E-state index contributed by atoms with van der Waals surface area (Å²) in [7, 11) is 0. The van der Waals surface area contributed by atoms with Gasteiger partial charge in [0.05, 0.1) is 6.04 Å². The van der Waals surface area contributed by atoms with Crippen molar-refractivity contribution in [3.05, 3.63) is 60.2 Å². The van der Waals surface area contributed by atoms with Crippen molar-refractivity contribution >= 4 is 11.6 Å². The number of alkyl halides is 3. The highest BCUT2D eigenvalue weighted by molar-refractivity contribution is 5.96. The van der Waals surface area contributed by atoms with Crippen LogP contribution in [0.3, 0.4) is 0 Å². The lowest BCUT2D eigenvalue weighted by atomic mass is 10.0. The van der Waals surface area contributed by atoms with Gasteiger partial charge in [-0.25, -0.2) is 0 Å². The fraction of sp³-hybridized carbons (Fsp3) is 0.235. The monoisotopic (exact) mass is 321 g/mol. The van der Waals surface area contributed by atoms with E-state index in [2.05, 4.69) is 4.74 Å². The molecule has 1 saturated heterocycles. The van der Waals surface area contributed by atoms with Gasteiger partial charge in [0.2, 0.25) is 5.91 Å². The largest absolute Gasteiger partial charge is 0.573 e. The molecule has 1 aliphatic rings. The summed E-state index contributed by atoms with van der Waals surface area (Å²) in [6.45, 7) is 0. The number of hydrogen-bond acceptors (Lipinski definition) is 2. The summed E-state index contributed by atoms with van der Waals surface area (Å²) in [5, 5.41) is 0. The number of halogens is 3. The molecule has 2 aromatic rings. The van der Waals surface area contributed by atoms with Gasteiger partial charge >= 0.3 is 6.36 Å². The third kappa shape index (κ3) is 3.47. The van der Waals surface area contributed by atoms with Crippen molar-refractivity contribution in [1.29, 1.82) is 0 Å². The zero-order valence-electron chi connectivity index (χ0n) is 12.1. The quantitative estimate of drug-likeness (QED) is 0.835. The molecule has 0 unspecified atom stereocenters. The van der Waals surface area contributed by atoms with Crippen molar-refractivity contribution in [2.24, 2.45) is 0 Å². The van der Waals surface area contributed by atoms with E-state index in [1.165, 1.54) is 24.3 Å². The van der Waals surface area contributed by atoms with Crippen LogP contribution in [-0.4, -0.2) is 12.3 Å². The van der Waals surface area contributed by atoms with Gasteiger partial charge in [-0.3, -0.25) is 4.79 Å². The third-order valence-corrected chi connectivity index (χ3v) is 3.74. The van der Waals surface area contributed by atoms with Gasteiger partial charge in [0.1, 0.15) is 5.75 Å². The van der Waals surface area contributed by atoms with Gasteiger partial charge in [-0.05, 0) is 36.2 Å². The molecular weight excluding hydrogens is 307 g/mol. The van der Waals surface area contributed by atoms with Crippen LogP contribution < -0.4 is 9.64 Å². The highest BCUT2D eigenvalue weighted by Gasteiger charge is 2.34. The smallest absolute Gasteiger partial charge is 0.406 e. The number of rotatable bonds is 3. The van der Waals surface area contributed by atoms with Gasteiger partial charge in [-0.2, -0.15) is 0 Å². The summed E-state index contributed by atoms with van der Waals surface area (Å²) < 4.78 is 40.5. The Hall–Kier alpha value is -2.50. The lowest BCUT2D eigenvalue weighted by Crippen LogP contribution is -2.27. The van der Waals surface area contributed by atoms with E-state index in [9.17, 15) is 18.0 Å². The number of carbonyl (C=O) groups excluding carboxylic acids is 1. The van der Waals surface area contributed by atoms with E-state index >= 15 is 0 Å². The first-order valence-corrected chi connectivity index (χ1v) is 7.17. The van der Waals surface area contributed by atoms with Gasteiger partial charge in [0.15, 0.2) is 0 Å². The predicted molar refractivity (Wildman–Crippen MR) is 79.0 cm³/mol. The number of anilines is 1.